The van der Waals surface area contributed by atoms with Crippen molar-refractivity contribution < 1.29 is 27.1 Å². The first-order valence-electron chi connectivity index (χ1n) is 13.3. The molecule has 0 radical (unpaired) electrons. The summed E-state index contributed by atoms with van der Waals surface area (Å²) in [4.78, 5) is 28.2. The number of carbonyl (C=O) groups excluding carboxylic acids is 2. The minimum atomic E-state index is -4.29. The van der Waals surface area contributed by atoms with Gasteiger partial charge in [-0.2, -0.15) is 0 Å². The Morgan fingerprint density at radius 1 is 1.00 bits per heavy atom. The van der Waals surface area contributed by atoms with Crippen molar-refractivity contribution >= 4 is 39.1 Å². The number of hydrogen-bond acceptors (Lipinski definition) is 5. The maximum Gasteiger partial charge on any atom is 0.264 e. The molecule has 0 unspecified atom stereocenters. The number of amides is 2. The van der Waals surface area contributed by atoms with E-state index < -0.39 is 34.3 Å². The normalized spacial score (nSPS) is 12.7. The molecule has 3 aromatic carbocycles. The Bertz CT molecular complexity index is 1440. The maximum absolute atomic E-state index is 13.9. The van der Waals surface area contributed by atoms with Crippen LogP contribution in [-0.2, 0) is 26.2 Å². The monoisotopic (exact) mass is 603 g/mol. The fourth-order valence-electron chi connectivity index (χ4n) is 4.02. The average molecular weight is 604 g/mol. The van der Waals surface area contributed by atoms with Gasteiger partial charge in [0.15, 0.2) is 0 Å². The zero-order chi connectivity index (χ0) is 30.2. The molecule has 0 spiro atoms. The van der Waals surface area contributed by atoms with Crippen molar-refractivity contribution in [1.82, 2.24) is 10.2 Å². The zero-order valence-electron chi connectivity index (χ0n) is 23.5. The van der Waals surface area contributed by atoms with Crippen molar-refractivity contribution in [2.24, 2.45) is 0 Å². The van der Waals surface area contributed by atoms with Crippen LogP contribution in [0.15, 0.2) is 77.7 Å². The van der Waals surface area contributed by atoms with Gasteiger partial charge in [-0.05, 0) is 93.4 Å². The Morgan fingerprint density at radius 2 is 1.66 bits per heavy atom. The largest absolute Gasteiger partial charge is 0.494 e. The van der Waals surface area contributed by atoms with Gasteiger partial charge in [-0.3, -0.25) is 13.9 Å². The second-order valence-corrected chi connectivity index (χ2v) is 11.8. The van der Waals surface area contributed by atoms with Crippen LogP contribution < -0.4 is 14.4 Å². The molecule has 11 heteroatoms. The van der Waals surface area contributed by atoms with Crippen molar-refractivity contribution in [3.63, 3.8) is 0 Å². The highest BCUT2D eigenvalue weighted by molar-refractivity contribution is 7.92. The number of benzene rings is 3. The Hall–Kier alpha value is -3.63. The second-order valence-electron chi connectivity index (χ2n) is 9.54. The van der Waals surface area contributed by atoms with Gasteiger partial charge in [-0.15, -0.1) is 0 Å². The van der Waals surface area contributed by atoms with Crippen LogP contribution in [-0.4, -0.2) is 50.4 Å². The number of nitrogens with one attached hydrogen (secondary N) is 1. The lowest BCUT2D eigenvalue weighted by Crippen LogP contribution is -2.52. The number of nitrogens with zero attached hydrogens (tertiary/aromatic N) is 2. The number of carbonyl (C=O) groups is 2. The summed E-state index contributed by atoms with van der Waals surface area (Å²) in [6.07, 6.45) is 0.694. The number of halogens is 2. The molecule has 220 valence electrons. The van der Waals surface area contributed by atoms with Gasteiger partial charge >= 0.3 is 0 Å². The van der Waals surface area contributed by atoms with Crippen LogP contribution in [0, 0.1) is 5.82 Å². The molecule has 0 saturated carbocycles. The highest BCUT2D eigenvalue weighted by atomic mass is 35.5. The molecular formula is C30H35ClFN3O5S. The van der Waals surface area contributed by atoms with Crippen molar-refractivity contribution in [2.75, 3.05) is 17.5 Å². The molecule has 0 aliphatic heterocycles. The molecule has 0 aromatic heterocycles. The van der Waals surface area contributed by atoms with Gasteiger partial charge in [0.25, 0.3) is 10.0 Å². The predicted molar refractivity (Wildman–Crippen MR) is 158 cm³/mol. The summed E-state index contributed by atoms with van der Waals surface area (Å²) in [6.45, 7) is 6.96. The van der Waals surface area contributed by atoms with Gasteiger partial charge < -0.3 is 15.0 Å². The van der Waals surface area contributed by atoms with Gasteiger partial charge in [-0.1, -0.05) is 30.7 Å². The van der Waals surface area contributed by atoms with Crippen molar-refractivity contribution in [3.8, 4) is 5.75 Å². The predicted octanol–water partition coefficient (Wildman–Crippen LogP) is 5.41. The van der Waals surface area contributed by atoms with Crippen LogP contribution in [0.4, 0.5) is 10.1 Å². The summed E-state index contributed by atoms with van der Waals surface area (Å²) >= 11 is 6.16. The van der Waals surface area contributed by atoms with E-state index in [1.807, 2.05) is 20.8 Å². The van der Waals surface area contributed by atoms with Gasteiger partial charge in [0.2, 0.25) is 11.8 Å². The van der Waals surface area contributed by atoms with Crippen molar-refractivity contribution in [1.29, 1.82) is 0 Å². The zero-order valence-corrected chi connectivity index (χ0v) is 25.1. The first kappa shape index (κ1) is 31.9. The molecule has 0 fully saturated rings. The third-order valence-corrected chi connectivity index (χ3v) is 8.55. The number of hydrogen-bond donors (Lipinski definition) is 1. The molecule has 3 rings (SSSR count). The Kier molecular flexibility index (Phi) is 11.1. The van der Waals surface area contributed by atoms with E-state index in [1.165, 1.54) is 41.3 Å². The van der Waals surface area contributed by atoms with Crippen molar-refractivity contribution in [3.05, 3.63) is 89.2 Å². The van der Waals surface area contributed by atoms with E-state index in [0.29, 0.717) is 29.4 Å². The van der Waals surface area contributed by atoms with Crippen LogP contribution in [0.5, 0.6) is 5.75 Å². The Labute approximate surface area is 246 Å². The molecule has 1 N–H and O–H groups in total. The molecule has 0 heterocycles. The first-order valence-corrected chi connectivity index (χ1v) is 15.1. The minimum absolute atomic E-state index is 0.00877. The SMILES string of the molecule is CCOc1ccc(S(=O)(=O)N(CC(=O)N(Cc2cccc(Cl)c2)[C@@H](C)C(=O)N[C@@H](C)CC)c2ccc(F)cc2)cc1. The van der Waals surface area contributed by atoms with E-state index in [2.05, 4.69) is 5.32 Å². The highest BCUT2D eigenvalue weighted by Gasteiger charge is 2.33. The van der Waals surface area contributed by atoms with E-state index in [9.17, 15) is 22.4 Å². The average Bonchev–Trinajstić information content (AvgIpc) is 2.95. The third kappa shape index (κ3) is 8.43. The standard InChI is InChI=1S/C30H35ClFN3O5S/c1-5-21(3)33-30(37)22(4)34(19-23-8-7-9-24(31)18-23)29(36)20-35(26-12-10-25(32)11-13-26)41(38,39)28-16-14-27(15-17-28)40-6-2/h7-18,21-22H,5-6,19-20H2,1-4H3,(H,33,37)/t21-,22-/m0/s1. The summed E-state index contributed by atoms with van der Waals surface area (Å²) in [5, 5.41) is 3.34. The Morgan fingerprint density at radius 3 is 2.24 bits per heavy atom. The fraction of sp³-hybridized carbons (Fsp3) is 0.333. The second kappa shape index (κ2) is 14.3. The third-order valence-electron chi connectivity index (χ3n) is 6.53. The lowest BCUT2D eigenvalue weighted by Gasteiger charge is -2.32. The quantitative estimate of drug-likeness (QED) is 0.282. The summed E-state index contributed by atoms with van der Waals surface area (Å²) in [5.74, 6) is -1.07. The Balaban J connectivity index is 2.01. The van der Waals surface area contributed by atoms with Crippen LogP contribution in [0.25, 0.3) is 0 Å². The van der Waals surface area contributed by atoms with E-state index in [1.54, 1.807) is 31.2 Å². The highest BCUT2D eigenvalue weighted by Crippen LogP contribution is 2.26. The summed E-state index contributed by atoms with van der Waals surface area (Å²) in [5.41, 5.74) is 0.754. The molecule has 0 aliphatic rings. The van der Waals surface area contributed by atoms with Crippen LogP contribution in [0.3, 0.4) is 0 Å². The van der Waals surface area contributed by atoms with E-state index >= 15 is 0 Å². The summed E-state index contributed by atoms with van der Waals surface area (Å²) in [6, 6.07) is 16.4. The molecule has 41 heavy (non-hydrogen) atoms. The van der Waals surface area contributed by atoms with Gasteiger partial charge in [0.05, 0.1) is 17.2 Å². The number of sulfonamides is 1. The molecule has 2 atom stereocenters. The van der Waals surface area contributed by atoms with E-state index in [-0.39, 0.29) is 29.1 Å². The van der Waals surface area contributed by atoms with E-state index in [0.717, 1.165) is 16.4 Å². The topological polar surface area (TPSA) is 96.0 Å². The minimum Gasteiger partial charge on any atom is -0.494 e. The molecule has 0 aliphatic carbocycles. The molecule has 3 aromatic rings. The maximum atomic E-state index is 13.9. The van der Waals surface area contributed by atoms with Gasteiger partial charge in [0, 0.05) is 17.6 Å². The lowest BCUT2D eigenvalue weighted by molar-refractivity contribution is -0.139. The van der Waals surface area contributed by atoms with Gasteiger partial charge in [0.1, 0.15) is 24.2 Å². The molecule has 0 saturated heterocycles. The molecule has 8 nitrogen and oxygen atoms in total. The first-order chi connectivity index (χ1) is 19.5. The number of anilines is 1. The number of rotatable bonds is 13. The van der Waals surface area contributed by atoms with Crippen LogP contribution in [0.2, 0.25) is 5.02 Å². The smallest absolute Gasteiger partial charge is 0.264 e. The molecule has 0 bridgehead atoms. The van der Waals surface area contributed by atoms with Crippen molar-refractivity contribution in [2.45, 2.75) is 57.6 Å². The van der Waals surface area contributed by atoms with E-state index in [4.69, 9.17) is 16.3 Å². The van der Waals surface area contributed by atoms with Crippen LogP contribution >= 0.6 is 11.6 Å². The lowest BCUT2D eigenvalue weighted by atomic mass is 10.1. The fourth-order valence-corrected chi connectivity index (χ4v) is 5.65. The molecule has 2 amide bonds. The van der Waals surface area contributed by atoms with Gasteiger partial charge in [-0.25, -0.2) is 12.8 Å². The summed E-state index contributed by atoms with van der Waals surface area (Å²) in [7, 11) is -4.29. The molecular weight excluding hydrogens is 569 g/mol. The number of ether oxygens (including phenoxy) is 1. The van der Waals surface area contributed by atoms with Crippen LogP contribution in [0.1, 0.15) is 39.7 Å². The summed E-state index contributed by atoms with van der Waals surface area (Å²) < 4.78 is 47.8.